The fourth-order valence-electron chi connectivity index (χ4n) is 1.26. The Morgan fingerprint density at radius 3 is 2.57 bits per heavy atom. The summed E-state index contributed by atoms with van der Waals surface area (Å²) in [6.45, 7) is 0. The van der Waals surface area contributed by atoms with Gasteiger partial charge in [0.05, 0.1) is 0 Å². The summed E-state index contributed by atoms with van der Waals surface area (Å²) < 4.78 is 0. The Hall–Kier alpha value is -1.06. The van der Waals surface area contributed by atoms with Gasteiger partial charge in [-0.15, -0.1) is 0 Å². The van der Waals surface area contributed by atoms with Gasteiger partial charge in [0.25, 0.3) is 0 Å². The quantitative estimate of drug-likeness (QED) is 0.838. The van der Waals surface area contributed by atoms with E-state index in [4.69, 9.17) is 17.3 Å². The molecule has 0 fully saturated rings. The lowest BCUT2D eigenvalue weighted by molar-refractivity contribution is -0.365. The number of anilines is 1. The van der Waals surface area contributed by atoms with E-state index in [1.165, 1.54) is 16.9 Å². The number of nitrogens with two attached hydrogens (primary N) is 1. The molecule has 2 nitrogen and oxygen atoms in total. The Labute approximate surface area is 91.4 Å². The maximum atomic E-state index is 5.79. The summed E-state index contributed by atoms with van der Waals surface area (Å²) in [4.78, 5) is 3.10. The van der Waals surface area contributed by atoms with Crippen LogP contribution < -0.4 is 10.7 Å². The molecule has 0 aliphatic heterocycles. The second-order valence-electron chi connectivity index (χ2n) is 3.05. The lowest BCUT2D eigenvalue weighted by Crippen LogP contribution is -2.10. The number of rotatable bonds is 2. The van der Waals surface area contributed by atoms with Crippen LogP contribution in [-0.2, 0) is 6.42 Å². The van der Waals surface area contributed by atoms with Crippen LogP contribution >= 0.6 is 22.9 Å². The molecular weight excluding hydrogens is 216 g/mol. The molecule has 0 saturated heterocycles. The van der Waals surface area contributed by atoms with Crippen LogP contribution in [0.4, 0.5) is 5.13 Å². The first kappa shape index (κ1) is 9.49. The van der Waals surface area contributed by atoms with Crippen LogP contribution in [0.1, 0.15) is 11.3 Å². The van der Waals surface area contributed by atoms with E-state index in [2.05, 4.69) is 4.98 Å². The van der Waals surface area contributed by atoms with E-state index >= 15 is 0 Å². The second-order valence-corrected chi connectivity index (χ2v) is 4.40. The molecule has 2 aromatic rings. The molecule has 0 saturated carbocycles. The summed E-state index contributed by atoms with van der Waals surface area (Å²) in [5.41, 5.74) is 7.96. The molecule has 1 heterocycles. The summed E-state index contributed by atoms with van der Waals surface area (Å²) >= 11 is 7.32. The van der Waals surface area contributed by atoms with Gasteiger partial charge < -0.3 is 0 Å². The topological polar surface area (TPSA) is 40.2 Å². The second kappa shape index (κ2) is 3.98. The number of aromatic amines is 1. The molecule has 1 aromatic heterocycles. The Morgan fingerprint density at radius 1 is 1.29 bits per heavy atom. The highest BCUT2D eigenvalue weighted by molar-refractivity contribution is 7.13. The number of aromatic nitrogens is 1. The molecule has 0 aliphatic rings. The van der Waals surface area contributed by atoms with Crippen LogP contribution in [0.2, 0.25) is 5.02 Å². The first-order valence-corrected chi connectivity index (χ1v) is 5.49. The molecule has 4 heteroatoms. The van der Waals surface area contributed by atoms with Crippen molar-refractivity contribution in [2.75, 3.05) is 5.73 Å². The van der Waals surface area contributed by atoms with Gasteiger partial charge in [-0.25, -0.2) is 4.98 Å². The number of thiazole rings is 1. The van der Waals surface area contributed by atoms with Crippen LogP contribution in [0.3, 0.4) is 0 Å². The first-order chi connectivity index (χ1) is 6.74. The Kier molecular flexibility index (Phi) is 2.70. The monoisotopic (exact) mass is 225 g/mol. The van der Waals surface area contributed by atoms with Gasteiger partial charge in [0.15, 0.2) is 0 Å². The number of nitrogens with one attached hydrogen (secondary N) is 1. The fourth-order valence-corrected chi connectivity index (χ4v) is 1.99. The number of hydrogen-bond acceptors (Lipinski definition) is 2. The van der Waals surface area contributed by atoms with Gasteiger partial charge in [-0.05, 0) is 17.7 Å². The third-order valence-electron chi connectivity index (χ3n) is 1.92. The molecule has 72 valence electrons. The highest BCUT2D eigenvalue weighted by atomic mass is 35.5. The van der Waals surface area contributed by atoms with Gasteiger partial charge in [-0.3, -0.25) is 5.73 Å². The largest absolute Gasteiger partial charge is 0.329 e. The number of halogens is 1. The number of nitrogen functional groups attached to an aromatic ring is 1. The lowest BCUT2D eigenvalue weighted by Gasteiger charge is -1.96. The molecule has 2 rings (SSSR count). The van der Waals surface area contributed by atoms with Crippen molar-refractivity contribution in [1.29, 1.82) is 0 Å². The zero-order chi connectivity index (χ0) is 9.97. The van der Waals surface area contributed by atoms with Crippen LogP contribution in [0.5, 0.6) is 0 Å². The molecule has 1 aromatic carbocycles. The van der Waals surface area contributed by atoms with Crippen LogP contribution in [0.25, 0.3) is 0 Å². The van der Waals surface area contributed by atoms with Gasteiger partial charge in [-0.2, -0.15) is 0 Å². The fraction of sp³-hybridized carbons (Fsp3) is 0.100. The summed E-state index contributed by atoms with van der Waals surface area (Å²) in [7, 11) is 0. The number of H-pyrrole nitrogens is 1. The number of benzene rings is 1. The SMILES string of the molecule is Nc1[nH+]c(Cc2ccc(Cl)cc2)cs1. The van der Waals surface area contributed by atoms with Crippen molar-refractivity contribution in [2.45, 2.75) is 6.42 Å². The minimum atomic E-state index is 0.744. The van der Waals surface area contributed by atoms with E-state index in [-0.39, 0.29) is 0 Å². The van der Waals surface area contributed by atoms with Crippen molar-refractivity contribution in [3.8, 4) is 0 Å². The maximum Gasteiger partial charge on any atom is 0.329 e. The Morgan fingerprint density at radius 2 is 2.00 bits per heavy atom. The molecule has 0 atom stereocenters. The van der Waals surface area contributed by atoms with Gasteiger partial charge in [-0.1, -0.05) is 35.1 Å². The molecule has 0 aliphatic carbocycles. The highest BCUT2D eigenvalue weighted by Crippen LogP contribution is 2.13. The molecule has 0 unspecified atom stereocenters. The normalized spacial score (nSPS) is 10.4. The van der Waals surface area contributed by atoms with E-state index in [0.29, 0.717) is 0 Å². The maximum absolute atomic E-state index is 5.79. The predicted octanol–water partition coefficient (Wildman–Crippen LogP) is 2.39. The molecule has 0 radical (unpaired) electrons. The average molecular weight is 226 g/mol. The van der Waals surface area contributed by atoms with E-state index in [1.807, 2.05) is 29.6 Å². The predicted molar refractivity (Wildman–Crippen MR) is 59.5 cm³/mol. The van der Waals surface area contributed by atoms with Crippen molar-refractivity contribution in [3.05, 3.63) is 45.9 Å². The molecule has 3 N–H and O–H groups in total. The molecule has 0 spiro atoms. The summed E-state index contributed by atoms with van der Waals surface area (Å²) in [5, 5.41) is 3.54. The van der Waals surface area contributed by atoms with Gasteiger partial charge >= 0.3 is 5.13 Å². The van der Waals surface area contributed by atoms with Crippen LogP contribution in [-0.4, -0.2) is 0 Å². The summed E-state index contributed by atoms with van der Waals surface area (Å²) in [6.07, 6.45) is 0.866. The average Bonchev–Trinajstić information content (AvgIpc) is 2.56. The standard InChI is InChI=1S/C10H9ClN2S/c11-8-3-1-7(2-4-8)5-9-6-14-10(12)13-9/h1-4,6H,5H2,(H2,12,13)/p+1. The zero-order valence-electron chi connectivity index (χ0n) is 7.46. The molecule has 14 heavy (non-hydrogen) atoms. The van der Waals surface area contributed by atoms with E-state index in [0.717, 1.165) is 22.3 Å². The minimum absolute atomic E-state index is 0.744. The van der Waals surface area contributed by atoms with E-state index < -0.39 is 0 Å². The Bertz CT molecular complexity index is 422. The summed E-state index contributed by atoms with van der Waals surface area (Å²) in [6, 6.07) is 7.83. The summed E-state index contributed by atoms with van der Waals surface area (Å²) in [5.74, 6) is 0. The van der Waals surface area contributed by atoms with Gasteiger partial charge in [0.2, 0.25) is 0 Å². The third kappa shape index (κ3) is 2.25. The van der Waals surface area contributed by atoms with E-state index in [9.17, 15) is 0 Å². The highest BCUT2D eigenvalue weighted by Gasteiger charge is 2.04. The van der Waals surface area contributed by atoms with Crippen molar-refractivity contribution in [1.82, 2.24) is 0 Å². The molecule has 0 amide bonds. The molecular formula is C10H10ClN2S+. The smallest absolute Gasteiger partial charge is 0.278 e. The molecule has 0 bridgehead atoms. The zero-order valence-corrected chi connectivity index (χ0v) is 9.03. The first-order valence-electron chi connectivity index (χ1n) is 4.23. The minimum Gasteiger partial charge on any atom is -0.278 e. The van der Waals surface area contributed by atoms with Crippen molar-refractivity contribution in [2.24, 2.45) is 0 Å². The van der Waals surface area contributed by atoms with Crippen LogP contribution in [0.15, 0.2) is 29.6 Å². The van der Waals surface area contributed by atoms with Crippen molar-refractivity contribution < 1.29 is 4.98 Å². The van der Waals surface area contributed by atoms with Gasteiger partial charge in [0, 0.05) is 16.8 Å². The number of hydrogen-bond donors (Lipinski definition) is 1. The third-order valence-corrected chi connectivity index (χ3v) is 2.93. The van der Waals surface area contributed by atoms with E-state index in [1.54, 1.807) is 0 Å². The van der Waals surface area contributed by atoms with Gasteiger partial charge in [0.1, 0.15) is 5.69 Å². The Balaban J connectivity index is 2.15. The van der Waals surface area contributed by atoms with Crippen LogP contribution in [0, 0.1) is 0 Å². The van der Waals surface area contributed by atoms with Crippen molar-refractivity contribution in [3.63, 3.8) is 0 Å². The lowest BCUT2D eigenvalue weighted by atomic mass is 10.1. The van der Waals surface area contributed by atoms with Crippen molar-refractivity contribution >= 4 is 28.1 Å².